The summed E-state index contributed by atoms with van der Waals surface area (Å²) in [5.74, 6) is -2.29. The third-order valence-electron chi connectivity index (χ3n) is 4.48. The number of azo groups is 1. The number of phenols is 1. The fraction of sp³-hybridized carbons (Fsp3) is 0. The molecule has 0 bridgehead atoms. The van der Waals surface area contributed by atoms with E-state index in [4.69, 9.17) is 5.73 Å². The Kier molecular flexibility index (Phi) is 9.10. The van der Waals surface area contributed by atoms with Crippen molar-refractivity contribution >= 4 is 49.1 Å². The Balaban J connectivity index is 0.00000481. The molecule has 0 aliphatic carbocycles. The minimum absolute atomic E-state index is 0. The Bertz CT molecular complexity index is 1610. The number of anilines is 2. The Hall–Kier alpha value is -3.86. The molecule has 0 saturated heterocycles. The number of hydrazone groups is 1. The summed E-state index contributed by atoms with van der Waals surface area (Å²) in [5, 5.41) is 31.1. The number of carboxylic acid groups (broad SMARTS) is 1. The number of rotatable bonds is 7. The Morgan fingerprint density at radius 2 is 1.51 bits per heavy atom. The molecule has 7 N–H and O–H groups in total. The van der Waals surface area contributed by atoms with E-state index in [9.17, 15) is 40.9 Å². The molecule has 3 aromatic rings. The van der Waals surface area contributed by atoms with Gasteiger partial charge < -0.3 is 15.9 Å². The number of nitrogens with two attached hydrogens (primary N) is 1. The van der Waals surface area contributed by atoms with Crippen molar-refractivity contribution in [3.8, 4) is 5.75 Å². The molecule has 0 amide bonds. The van der Waals surface area contributed by atoms with Crippen LogP contribution in [0.4, 0.5) is 17.1 Å². The summed E-state index contributed by atoms with van der Waals surface area (Å²) in [6, 6.07) is 12.2. The van der Waals surface area contributed by atoms with Crippen LogP contribution in [0.5, 0.6) is 5.75 Å². The standard InChI is InChI=1S/C20H17N5O9S2.Cu/c21-15-8-13(36(32,33)34)10-17(18(15)26)23-25-19(11-4-2-1-3-5-11)24-22-16-9-12(35(29,30)31)6-7-14(16)20(27)28;/h1-10,22,26H,21H2,(H,27,28)(H,29,30,31)(H,32,33,34);/b24-19-,25-23?;. The van der Waals surface area contributed by atoms with Crippen molar-refractivity contribution in [3.63, 3.8) is 0 Å². The van der Waals surface area contributed by atoms with Gasteiger partial charge in [-0.15, -0.1) is 10.2 Å². The molecule has 0 saturated carbocycles. The molecule has 0 heterocycles. The van der Waals surface area contributed by atoms with E-state index in [1.165, 1.54) is 12.1 Å². The fourth-order valence-electron chi connectivity index (χ4n) is 2.75. The first-order chi connectivity index (χ1) is 16.8. The molecule has 1 radical (unpaired) electrons. The number of aromatic carboxylic acids is 1. The summed E-state index contributed by atoms with van der Waals surface area (Å²) in [6.07, 6.45) is 0. The van der Waals surface area contributed by atoms with E-state index in [1.54, 1.807) is 18.2 Å². The largest absolute Gasteiger partial charge is 0.504 e. The molecule has 37 heavy (non-hydrogen) atoms. The summed E-state index contributed by atoms with van der Waals surface area (Å²) in [5.41, 5.74) is 6.69. The quantitative estimate of drug-likeness (QED) is 0.0337. The van der Waals surface area contributed by atoms with Crippen LogP contribution in [0, 0.1) is 0 Å². The number of phenolic OH excluding ortho intramolecular Hbond substituents is 1. The number of hydrogen-bond donors (Lipinski definition) is 6. The third kappa shape index (κ3) is 7.32. The zero-order valence-corrected chi connectivity index (χ0v) is 20.7. The molecule has 0 atom stereocenters. The van der Waals surface area contributed by atoms with Crippen LogP contribution >= 0.6 is 0 Å². The van der Waals surface area contributed by atoms with Gasteiger partial charge in [-0.3, -0.25) is 14.5 Å². The summed E-state index contributed by atoms with van der Waals surface area (Å²) < 4.78 is 64.4. The zero-order chi connectivity index (χ0) is 26.7. The van der Waals surface area contributed by atoms with Crippen LogP contribution in [0.3, 0.4) is 0 Å². The van der Waals surface area contributed by atoms with Crippen LogP contribution in [0.2, 0.25) is 0 Å². The minimum Gasteiger partial charge on any atom is -0.504 e. The number of amidine groups is 1. The second-order valence-electron chi connectivity index (χ2n) is 6.96. The van der Waals surface area contributed by atoms with Crippen LogP contribution in [-0.4, -0.2) is 48.0 Å². The second-order valence-corrected chi connectivity index (χ2v) is 9.80. The van der Waals surface area contributed by atoms with Gasteiger partial charge in [0.25, 0.3) is 20.2 Å². The molecule has 14 nitrogen and oxygen atoms in total. The van der Waals surface area contributed by atoms with Crippen molar-refractivity contribution in [2.75, 3.05) is 11.2 Å². The molecule has 199 valence electrons. The molecule has 0 aromatic heterocycles. The summed E-state index contributed by atoms with van der Waals surface area (Å²) in [6.45, 7) is 0. The Morgan fingerprint density at radius 1 is 0.892 bits per heavy atom. The van der Waals surface area contributed by atoms with Gasteiger partial charge in [-0.1, -0.05) is 30.3 Å². The van der Waals surface area contributed by atoms with E-state index in [2.05, 4.69) is 20.8 Å². The molecule has 0 fully saturated rings. The second kappa shape index (κ2) is 11.5. The number of hydrogen-bond acceptors (Lipinski definition) is 10. The van der Waals surface area contributed by atoms with Gasteiger partial charge in [0.05, 0.1) is 26.7 Å². The molecule has 3 rings (SSSR count). The van der Waals surface area contributed by atoms with Crippen LogP contribution < -0.4 is 11.2 Å². The molecule has 0 unspecified atom stereocenters. The van der Waals surface area contributed by atoms with E-state index >= 15 is 0 Å². The molecule has 0 spiro atoms. The van der Waals surface area contributed by atoms with Gasteiger partial charge in [0, 0.05) is 22.6 Å². The number of benzene rings is 3. The van der Waals surface area contributed by atoms with Crippen molar-refractivity contribution in [3.05, 3.63) is 71.8 Å². The van der Waals surface area contributed by atoms with Crippen molar-refractivity contribution in [2.24, 2.45) is 15.3 Å². The Morgan fingerprint density at radius 3 is 2.08 bits per heavy atom. The first-order valence-electron chi connectivity index (χ1n) is 9.53. The smallest absolute Gasteiger partial charge is 0.337 e. The van der Waals surface area contributed by atoms with Crippen molar-refractivity contribution in [1.29, 1.82) is 0 Å². The van der Waals surface area contributed by atoms with Crippen LogP contribution in [0.1, 0.15) is 15.9 Å². The number of carbonyl (C=O) groups is 1. The van der Waals surface area contributed by atoms with E-state index < -0.39 is 53.1 Å². The zero-order valence-electron chi connectivity index (χ0n) is 18.1. The first-order valence-corrected chi connectivity index (χ1v) is 12.4. The Labute approximate surface area is 220 Å². The summed E-state index contributed by atoms with van der Waals surface area (Å²) in [7, 11) is -9.35. The summed E-state index contributed by atoms with van der Waals surface area (Å²) >= 11 is 0. The van der Waals surface area contributed by atoms with E-state index in [1.807, 2.05) is 0 Å². The molecule has 17 heteroatoms. The predicted octanol–water partition coefficient (Wildman–Crippen LogP) is 2.72. The maximum atomic E-state index is 11.5. The van der Waals surface area contributed by atoms with Crippen molar-refractivity contribution in [2.45, 2.75) is 9.79 Å². The first kappa shape index (κ1) is 29.4. The maximum absolute atomic E-state index is 11.5. The molecule has 3 aromatic carbocycles. The van der Waals surface area contributed by atoms with Gasteiger partial charge in [0.1, 0.15) is 5.69 Å². The number of carboxylic acids is 1. The third-order valence-corrected chi connectivity index (χ3v) is 6.16. The van der Waals surface area contributed by atoms with Gasteiger partial charge in [-0.05, 0) is 30.3 Å². The normalized spacial score (nSPS) is 12.2. The minimum atomic E-state index is -4.69. The monoisotopic (exact) mass is 598 g/mol. The topological polar surface area (TPSA) is 241 Å². The molecular formula is C20H17CuN5O9S2. The average molecular weight is 599 g/mol. The van der Waals surface area contributed by atoms with Gasteiger partial charge in [-0.25, -0.2) is 4.79 Å². The summed E-state index contributed by atoms with van der Waals surface area (Å²) in [4.78, 5) is 10.3. The van der Waals surface area contributed by atoms with Gasteiger partial charge in [0.15, 0.2) is 5.75 Å². The molecule has 0 aliphatic rings. The van der Waals surface area contributed by atoms with Crippen LogP contribution in [0.15, 0.2) is 85.8 Å². The number of aromatic hydroxyl groups is 1. The van der Waals surface area contributed by atoms with Crippen LogP contribution in [-0.2, 0) is 37.3 Å². The van der Waals surface area contributed by atoms with Gasteiger partial charge >= 0.3 is 5.97 Å². The molecular weight excluding hydrogens is 582 g/mol. The number of nitrogens with one attached hydrogen (secondary N) is 1. The fourth-order valence-corrected chi connectivity index (χ4v) is 3.79. The number of nitrogens with zero attached hydrogens (tertiary/aromatic N) is 3. The molecule has 0 aliphatic heterocycles. The SMILES string of the molecule is Nc1cc(S(=O)(=O)O)cc(N=N/C(=N\Nc2cc(S(=O)(=O)O)ccc2C(=O)O)c2ccccc2)c1O.[Cu]. The van der Waals surface area contributed by atoms with Gasteiger partial charge in [-0.2, -0.15) is 21.9 Å². The van der Waals surface area contributed by atoms with E-state index in [-0.39, 0.29) is 34.2 Å². The van der Waals surface area contributed by atoms with Gasteiger partial charge in [0.2, 0.25) is 5.84 Å². The van der Waals surface area contributed by atoms with Crippen LogP contribution in [0.25, 0.3) is 0 Å². The van der Waals surface area contributed by atoms with Crippen molar-refractivity contribution in [1.82, 2.24) is 0 Å². The average Bonchev–Trinajstić information content (AvgIpc) is 2.80. The predicted molar refractivity (Wildman–Crippen MR) is 127 cm³/mol. The number of nitrogen functional groups attached to an aromatic ring is 1. The van der Waals surface area contributed by atoms with E-state index in [0.29, 0.717) is 5.56 Å². The van der Waals surface area contributed by atoms with Crippen molar-refractivity contribution < 1.29 is 58.0 Å². The maximum Gasteiger partial charge on any atom is 0.337 e. The van der Waals surface area contributed by atoms with E-state index in [0.717, 1.165) is 30.3 Å².